The van der Waals surface area contributed by atoms with Crippen molar-refractivity contribution >= 4 is 70.5 Å². The van der Waals surface area contributed by atoms with Gasteiger partial charge in [-0.3, -0.25) is 0 Å². The van der Waals surface area contributed by atoms with Crippen molar-refractivity contribution in [3.05, 3.63) is 235 Å². The van der Waals surface area contributed by atoms with Gasteiger partial charge in [0.1, 0.15) is 11.2 Å². The summed E-state index contributed by atoms with van der Waals surface area (Å²) < 4.78 is 9.00. The lowest BCUT2D eigenvalue weighted by molar-refractivity contribution is 0.669. The Balaban J connectivity index is 1.08. The number of benzene rings is 9. The fraction of sp³-hybridized carbons (Fsp3) is 0.0182. The van der Waals surface area contributed by atoms with Crippen LogP contribution in [0.25, 0.3) is 64.4 Å². The van der Waals surface area contributed by atoms with E-state index in [0.717, 1.165) is 39.0 Å². The van der Waals surface area contributed by atoms with E-state index in [1.54, 1.807) is 0 Å². The summed E-state index contributed by atoms with van der Waals surface area (Å²) in [7, 11) is 0. The second kappa shape index (κ2) is 12.9. The highest BCUT2D eigenvalue weighted by Gasteiger charge is 2.46. The summed E-state index contributed by atoms with van der Waals surface area (Å²) in [5.41, 5.74) is 14.7. The van der Waals surface area contributed by atoms with Crippen molar-refractivity contribution in [2.75, 3.05) is 4.90 Å². The highest BCUT2D eigenvalue weighted by atomic mass is 32.1. The van der Waals surface area contributed by atoms with Gasteiger partial charge in [-0.05, 0) is 105 Å². The zero-order valence-electron chi connectivity index (χ0n) is 31.5. The van der Waals surface area contributed by atoms with Gasteiger partial charge >= 0.3 is 0 Å². The molecule has 2 nitrogen and oxygen atoms in total. The van der Waals surface area contributed by atoms with Crippen LogP contribution in [0.5, 0.6) is 0 Å². The van der Waals surface area contributed by atoms with Crippen LogP contribution >= 0.6 is 11.3 Å². The standard InChI is InChI=1S/C55H35NOS/c1-3-14-36(15-4-1)37-16-13-19-40(32-37)56(42-27-29-46-45-22-9-12-25-51(45)57-52(46)35-42)41-28-31-54-48(34-41)47-33-39(26-30-53(47)58-54)55(38-17-5-2-6-18-38)49-23-10-7-20-43(49)44-21-8-11-24-50(44)55/h1-35H. The SMILES string of the molecule is c1ccc(-c2cccc(N(c3ccc4c(c3)oc3ccccc34)c3ccc4sc5ccc(C6(c7ccccc7)c7ccccc7-c7ccccc76)cc5c4c3)c2)cc1. The first-order valence-electron chi connectivity index (χ1n) is 19.8. The maximum Gasteiger partial charge on any atom is 0.137 e. The van der Waals surface area contributed by atoms with Crippen LogP contribution in [0.15, 0.2) is 217 Å². The molecular formula is C55H35NOS. The number of hydrogen-bond acceptors (Lipinski definition) is 3. The molecule has 3 heteroatoms. The fourth-order valence-corrected chi connectivity index (χ4v) is 10.7. The van der Waals surface area contributed by atoms with Gasteiger partial charge in [-0.15, -0.1) is 11.3 Å². The molecule has 272 valence electrons. The van der Waals surface area contributed by atoms with Gasteiger partial charge < -0.3 is 9.32 Å². The van der Waals surface area contributed by atoms with E-state index in [-0.39, 0.29) is 0 Å². The Labute approximate surface area is 340 Å². The Morgan fingerprint density at radius 2 is 0.948 bits per heavy atom. The van der Waals surface area contributed by atoms with Gasteiger partial charge in [0.15, 0.2) is 0 Å². The van der Waals surface area contributed by atoms with E-state index >= 15 is 0 Å². The van der Waals surface area contributed by atoms with Crippen LogP contribution in [0.4, 0.5) is 17.1 Å². The molecule has 11 aromatic rings. The van der Waals surface area contributed by atoms with Gasteiger partial charge in [0, 0.05) is 54.1 Å². The van der Waals surface area contributed by atoms with Gasteiger partial charge in [0.25, 0.3) is 0 Å². The highest BCUT2D eigenvalue weighted by molar-refractivity contribution is 7.25. The van der Waals surface area contributed by atoms with E-state index in [4.69, 9.17) is 4.42 Å². The molecule has 0 unspecified atom stereocenters. The van der Waals surface area contributed by atoms with Crippen molar-refractivity contribution < 1.29 is 4.42 Å². The molecule has 9 aromatic carbocycles. The fourth-order valence-electron chi connectivity index (χ4n) is 9.61. The third kappa shape index (κ3) is 4.90. The lowest BCUT2D eigenvalue weighted by atomic mass is 9.67. The second-order valence-electron chi connectivity index (χ2n) is 15.2. The molecule has 0 saturated carbocycles. The van der Waals surface area contributed by atoms with Crippen LogP contribution in [-0.4, -0.2) is 0 Å². The average Bonchev–Trinajstić information content (AvgIpc) is 3.95. The third-order valence-corrected chi connectivity index (χ3v) is 13.3. The molecule has 1 aliphatic carbocycles. The molecule has 0 fully saturated rings. The first kappa shape index (κ1) is 33.0. The molecule has 0 bridgehead atoms. The number of furan rings is 1. The smallest absolute Gasteiger partial charge is 0.137 e. The minimum absolute atomic E-state index is 0.458. The molecule has 12 rings (SSSR count). The van der Waals surface area contributed by atoms with E-state index in [9.17, 15) is 0 Å². The lowest BCUT2D eigenvalue weighted by Crippen LogP contribution is -2.28. The predicted molar refractivity (Wildman–Crippen MR) is 244 cm³/mol. The molecule has 0 aliphatic heterocycles. The summed E-state index contributed by atoms with van der Waals surface area (Å²) in [4.78, 5) is 2.38. The zero-order valence-corrected chi connectivity index (χ0v) is 32.3. The Morgan fingerprint density at radius 3 is 1.74 bits per heavy atom. The monoisotopic (exact) mass is 757 g/mol. The topological polar surface area (TPSA) is 16.4 Å². The maximum atomic E-state index is 6.46. The Morgan fingerprint density at radius 1 is 0.362 bits per heavy atom. The summed E-state index contributed by atoms with van der Waals surface area (Å²) in [5.74, 6) is 0. The van der Waals surface area contributed by atoms with Crippen LogP contribution in [0.3, 0.4) is 0 Å². The minimum Gasteiger partial charge on any atom is -0.456 e. The van der Waals surface area contributed by atoms with E-state index in [1.165, 1.54) is 64.7 Å². The second-order valence-corrected chi connectivity index (χ2v) is 16.3. The normalized spacial score (nSPS) is 13.0. The molecule has 0 saturated heterocycles. The van der Waals surface area contributed by atoms with Crippen LogP contribution in [-0.2, 0) is 5.41 Å². The molecule has 0 N–H and O–H groups in total. The van der Waals surface area contributed by atoms with Crippen molar-refractivity contribution in [3.8, 4) is 22.3 Å². The Bertz CT molecular complexity index is 3310. The number of hydrogen-bond donors (Lipinski definition) is 0. The zero-order chi connectivity index (χ0) is 38.2. The van der Waals surface area contributed by atoms with Gasteiger partial charge in [-0.25, -0.2) is 0 Å². The van der Waals surface area contributed by atoms with Crippen LogP contribution in [0.2, 0.25) is 0 Å². The largest absolute Gasteiger partial charge is 0.456 e. The summed E-state index contributed by atoms with van der Waals surface area (Å²) in [6.45, 7) is 0. The van der Waals surface area contributed by atoms with Gasteiger partial charge in [-0.2, -0.15) is 0 Å². The number of rotatable bonds is 6. The van der Waals surface area contributed by atoms with E-state index in [2.05, 4.69) is 205 Å². The Kier molecular flexibility index (Phi) is 7.35. The molecule has 0 radical (unpaired) electrons. The van der Waals surface area contributed by atoms with E-state index in [0.29, 0.717) is 0 Å². The van der Waals surface area contributed by atoms with Crippen molar-refractivity contribution in [1.29, 1.82) is 0 Å². The molecule has 2 aromatic heterocycles. The Hall–Kier alpha value is -7.20. The number of para-hydroxylation sites is 1. The molecule has 2 heterocycles. The van der Waals surface area contributed by atoms with Gasteiger partial charge in [0.2, 0.25) is 0 Å². The number of thiophene rings is 1. The number of nitrogens with zero attached hydrogens (tertiary/aromatic N) is 1. The quantitative estimate of drug-likeness (QED) is 0.168. The third-order valence-electron chi connectivity index (χ3n) is 12.1. The summed E-state index contributed by atoms with van der Waals surface area (Å²) in [6, 6.07) is 77.6. The molecule has 0 amide bonds. The average molecular weight is 758 g/mol. The molecular weight excluding hydrogens is 723 g/mol. The molecule has 0 spiro atoms. The van der Waals surface area contributed by atoms with Crippen molar-refractivity contribution in [2.45, 2.75) is 5.41 Å². The number of anilines is 3. The molecule has 0 atom stereocenters. The van der Waals surface area contributed by atoms with Crippen LogP contribution in [0.1, 0.15) is 22.3 Å². The van der Waals surface area contributed by atoms with Crippen LogP contribution in [0, 0.1) is 0 Å². The van der Waals surface area contributed by atoms with Gasteiger partial charge in [0.05, 0.1) is 5.41 Å². The first-order valence-corrected chi connectivity index (χ1v) is 20.6. The van der Waals surface area contributed by atoms with E-state index in [1.807, 2.05) is 23.5 Å². The summed E-state index contributed by atoms with van der Waals surface area (Å²) >= 11 is 1.86. The van der Waals surface area contributed by atoms with Crippen LogP contribution < -0.4 is 4.90 Å². The predicted octanol–water partition coefficient (Wildman–Crippen LogP) is 15.5. The summed E-state index contributed by atoms with van der Waals surface area (Å²) in [6.07, 6.45) is 0. The minimum atomic E-state index is -0.458. The molecule has 1 aliphatic rings. The lowest BCUT2D eigenvalue weighted by Gasteiger charge is -2.34. The highest BCUT2D eigenvalue weighted by Crippen LogP contribution is 2.56. The maximum absolute atomic E-state index is 6.46. The van der Waals surface area contributed by atoms with Crippen molar-refractivity contribution in [1.82, 2.24) is 0 Å². The number of fused-ring (bicyclic) bond motifs is 9. The van der Waals surface area contributed by atoms with Crippen molar-refractivity contribution in [3.63, 3.8) is 0 Å². The molecule has 58 heavy (non-hydrogen) atoms. The first-order chi connectivity index (χ1) is 28.7. The summed E-state index contributed by atoms with van der Waals surface area (Å²) in [5, 5.41) is 4.76. The van der Waals surface area contributed by atoms with Crippen molar-refractivity contribution in [2.24, 2.45) is 0 Å². The van der Waals surface area contributed by atoms with Gasteiger partial charge in [-0.1, -0.05) is 146 Å². The van der Waals surface area contributed by atoms with E-state index < -0.39 is 5.41 Å².